The number of hydrogen-bond acceptors (Lipinski definition) is 7. The smallest absolute Gasteiger partial charge is 0.255 e. The Morgan fingerprint density at radius 2 is 1.77 bits per heavy atom. The SMILES string of the molecule is CS(N)(=O)=NC12CC(Nc3cccc(NC(=O)c4ccc(Nc5ccnc6ccc(C#N)cc56)cc4)c3)(C1)C2. The first-order valence-electron chi connectivity index (χ1n) is 12.5. The van der Waals surface area contributed by atoms with Gasteiger partial charge in [0.05, 0.1) is 22.7 Å². The van der Waals surface area contributed by atoms with Gasteiger partial charge in [0.1, 0.15) is 9.92 Å². The highest BCUT2D eigenvalue weighted by Gasteiger charge is 2.69. The maximum atomic E-state index is 12.9. The molecule has 3 aliphatic carbocycles. The number of pyridine rings is 1. The number of hydrogen-bond donors (Lipinski definition) is 4. The Labute approximate surface area is 226 Å². The van der Waals surface area contributed by atoms with E-state index in [1.54, 1.807) is 30.5 Å². The normalized spacial score (nSPS) is 22.4. The van der Waals surface area contributed by atoms with Crippen LogP contribution in [0.2, 0.25) is 0 Å². The summed E-state index contributed by atoms with van der Waals surface area (Å²) in [5, 5.41) is 25.6. The number of nitrogens with one attached hydrogen (secondary N) is 3. The van der Waals surface area contributed by atoms with Crippen LogP contribution in [-0.2, 0) is 9.92 Å². The predicted octanol–water partition coefficient (Wildman–Crippen LogP) is 5.16. The number of carbonyl (C=O) groups excluding carboxylic acids is 1. The summed E-state index contributed by atoms with van der Waals surface area (Å²) < 4.78 is 16.2. The van der Waals surface area contributed by atoms with Gasteiger partial charge in [0, 0.05) is 51.7 Å². The lowest BCUT2D eigenvalue weighted by Gasteiger charge is -2.68. The fraction of sp³-hybridized carbons (Fsp3) is 0.207. The lowest BCUT2D eigenvalue weighted by atomic mass is 9.44. The van der Waals surface area contributed by atoms with Crippen LogP contribution in [0, 0.1) is 11.3 Å². The van der Waals surface area contributed by atoms with Gasteiger partial charge >= 0.3 is 0 Å². The molecule has 0 saturated heterocycles. The standard InChI is InChI=1S/C29H27N7O2S/c1-39(31,38)36-29-16-28(17-29,18-29)35-23-4-2-3-22(14-23)34-27(37)20-6-8-21(9-7-20)33-26-11-12-32-25-10-5-19(15-30)13-24(25)26/h2-14,35H,16-18H2,1H3,(H,32,33)(H,34,37)(H2,31,36,38). The van der Waals surface area contributed by atoms with Gasteiger partial charge in [0.15, 0.2) is 0 Å². The summed E-state index contributed by atoms with van der Waals surface area (Å²) in [6.45, 7) is 0. The molecule has 0 spiro atoms. The second kappa shape index (κ2) is 9.08. The van der Waals surface area contributed by atoms with Gasteiger partial charge in [-0.15, -0.1) is 0 Å². The van der Waals surface area contributed by atoms with E-state index in [2.05, 4.69) is 31.4 Å². The van der Waals surface area contributed by atoms with E-state index < -0.39 is 9.92 Å². The molecule has 3 fully saturated rings. The van der Waals surface area contributed by atoms with E-state index in [1.807, 2.05) is 48.5 Å². The lowest BCUT2D eigenvalue weighted by Crippen LogP contribution is -2.74. The van der Waals surface area contributed by atoms with Crippen molar-refractivity contribution in [1.82, 2.24) is 4.98 Å². The summed E-state index contributed by atoms with van der Waals surface area (Å²) in [5.74, 6) is -0.212. The molecule has 1 atom stereocenters. The minimum atomic E-state index is -2.60. The Balaban J connectivity index is 1.10. The van der Waals surface area contributed by atoms with Crippen molar-refractivity contribution in [3.05, 3.63) is 90.1 Å². The number of fused-ring (bicyclic) bond motifs is 1. The monoisotopic (exact) mass is 537 g/mol. The number of nitrogens with two attached hydrogens (primary N) is 1. The highest BCUT2D eigenvalue weighted by Crippen LogP contribution is 2.64. The number of nitrogens with zero attached hydrogens (tertiary/aromatic N) is 3. The number of benzene rings is 3. The maximum Gasteiger partial charge on any atom is 0.255 e. The molecule has 7 rings (SSSR count). The van der Waals surface area contributed by atoms with Crippen molar-refractivity contribution < 1.29 is 9.00 Å². The van der Waals surface area contributed by atoms with Gasteiger partial charge in [-0.2, -0.15) is 5.26 Å². The molecular formula is C29H27N7O2S. The van der Waals surface area contributed by atoms with E-state index in [-0.39, 0.29) is 17.0 Å². The molecule has 5 N–H and O–H groups in total. The van der Waals surface area contributed by atoms with Crippen LogP contribution in [0.4, 0.5) is 22.7 Å². The molecule has 2 bridgehead atoms. The first-order chi connectivity index (χ1) is 18.6. The zero-order chi connectivity index (χ0) is 27.3. The van der Waals surface area contributed by atoms with Crippen LogP contribution in [0.5, 0.6) is 0 Å². The highest BCUT2D eigenvalue weighted by molar-refractivity contribution is 7.90. The lowest BCUT2D eigenvalue weighted by molar-refractivity contribution is -0.0280. The molecule has 1 unspecified atom stereocenters. The average molecular weight is 538 g/mol. The Kier molecular flexibility index (Phi) is 5.79. The van der Waals surface area contributed by atoms with E-state index in [1.165, 1.54) is 6.26 Å². The molecule has 9 nitrogen and oxygen atoms in total. The molecule has 1 amide bonds. The third kappa shape index (κ3) is 5.02. The Morgan fingerprint density at radius 3 is 2.49 bits per heavy atom. The van der Waals surface area contributed by atoms with Crippen molar-refractivity contribution in [2.75, 3.05) is 22.2 Å². The summed E-state index contributed by atoms with van der Waals surface area (Å²) in [4.78, 5) is 17.3. The molecule has 39 heavy (non-hydrogen) atoms. The summed E-state index contributed by atoms with van der Waals surface area (Å²) in [6.07, 6.45) is 5.62. The number of anilines is 4. The zero-order valence-electron chi connectivity index (χ0n) is 21.3. The third-order valence-corrected chi connectivity index (χ3v) is 7.95. The quantitative estimate of drug-likeness (QED) is 0.256. The van der Waals surface area contributed by atoms with E-state index in [0.29, 0.717) is 16.8 Å². The van der Waals surface area contributed by atoms with Crippen LogP contribution in [-0.4, -0.2) is 32.4 Å². The molecule has 10 heteroatoms. The van der Waals surface area contributed by atoms with Crippen molar-refractivity contribution in [2.24, 2.45) is 9.50 Å². The van der Waals surface area contributed by atoms with Crippen molar-refractivity contribution in [1.29, 1.82) is 5.26 Å². The molecule has 196 valence electrons. The maximum absolute atomic E-state index is 12.9. The Bertz CT molecular complexity index is 1760. The van der Waals surface area contributed by atoms with Gasteiger partial charge in [-0.1, -0.05) is 6.07 Å². The second-order valence-corrected chi connectivity index (χ2v) is 12.5. The van der Waals surface area contributed by atoms with E-state index in [0.717, 1.165) is 47.2 Å². The summed E-state index contributed by atoms with van der Waals surface area (Å²) in [6, 6.07) is 24.2. The third-order valence-electron chi connectivity index (χ3n) is 7.20. The van der Waals surface area contributed by atoms with Crippen LogP contribution in [0.25, 0.3) is 10.9 Å². The van der Waals surface area contributed by atoms with Crippen molar-refractivity contribution in [2.45, 2.75) is 30.3 Å². The van der Waals surface area contributed by atoms with E-state index in [9.17, 15) is 14.3 Å². The summed E-state index contributed by atoms with van der Waals surface area (Å²) in [7, 11) is -2.60. The van der Waals surface area contributed by atoms with Gasteiger partial charge in [0.2, 0.25) is 0 Å². The minimum absolute atomic E-state index is 0.0457. The Hall–Kier alpha value is -4.46. The molecule has 0 radical (unpaired) electrons. The predicted molar refractivity (Wildman–Crippen MR) is 154 cm³/mol. The molecule has 4 aromatic rings. The molecule has 3 aromatic carbocycles. The van der Waals surface area contributed by atoms with Gasteiger partial charge in [0.25, 0.3) is 5.91 Å². The molecular weight excluding hydrogens is 510 g/mol. The van der Waals surface area contributed by atoms with Gasteiger partial charge in [-0.25, -0.2) is 13.7 Å². The highest BCUT2D eigenvalue weighted by atomic mass is 32.2. The van der Waals surface area contributed by atoms with Crippen molar-refractivity contribution >= 4 is 49.5 Å². The Morgan fingerprint density at radius 1 is 1.03 bits per heavy atom. The number of rotatable bonds is 7. The number of nitriles is 1. The average Bonchev–Trinajstić information content (AvgIpc) is 2.86. The van der Waals surface area contributed by atoms with Gasteiger partial charge in [-0.3, -0.25) is 9.78 Å². The van der Waals surface area contributed by atoms with Gasteiger partial charge < -0.3 is 16.0 Å². The first-order valence-corrected chi connectivity index (χ1v) is 14.5. The van der Waals surface area contributed by atoms with Crippen molar-refractivity contribution in [3.8, 4) is 6.07 Å². The topological polar surface area (TPSA) is 145 Å². The number of aromatic nitrogens is 1. The minimum Gasteiger partial charge on any atom is -0.379 e. The fourth-order valence-electron chi connectivity index (χ4n) is 5.72. The second-order valence-electron chi connectivity index (χ2n) is 10.6. The van der Waals surface area contributed by atoms with Crippen LogP contribution < -0.4 is 21.1 Å². The fourth-order valence-corrected chi connectivity index (χ4v) is 6.68. The summed E-state index contributed by atoms with van der Waals surface area (Å²) >= 11 is 0. The van der Waals surface area contributed by atoms with E-state index >= 15 is 0 Å². The van der Waals surface area contributed by atoms with Crippen LogP contribution in [0.3, 0.4) is 0 Å². The summed E-state index contributed by atoms with van der Waals surface area (Å²) in [5.41, 5.74) is 4.82. The largest absolute Gasteiger partial charge is 0.379 e. The number of carbonyl (C=O) groups is 1. The van der Waals surface area contributed by atoms with Crippen molar-refractivity contribution in [3.63, 3.8) is 0 Å². The van der Waals surface area contributed by atoms with Crippen LogP contribution >= 0.6 is 0 Å². The van der Waals surface area contributed by atoms with Crippen LogP contribution in [0.15, 0.2) is 83.4 Å². The molecule has 1 aromatic heterocycles. The van der Waals surface area contributed by atoms with Crippen LogP contribution in [0.1, 0.15) is 35.2 Å². The first kappa shape index (κ1) is 24.9. The molecule has 0 aliphatic heterocycles. The zero-order valence-corrected chi connectivity index (χ0v) is 22.1. The van der Waals surface area contributed by atoms with E-state index in [4.69, 9.17) is 5.14 Å². The van der Waals surface area contributed by atoms with Gasteiger partial charge in [-0.05, 0) is 86.0 Å². The molecule has 1 heterocycles. The number of amides is 1. The molecule has 3 saturated carbocycles. The molecule has 3 aliphatic rings.